The highest BCUT2D eigenvalue weighted by Crippen LogP contribution is 2.29. The number of ether oxygens (including phenoxy) is 2. The number of nitrogens with one attached hydrogen (secondary N) is 1. The largest absolute Gasteiger partial charge is 0.493 e. The Morgan fingerprint density at radius 3 is 2.44 bits per heavy atom. The van der Waals surface area contributed by atoms with Crippen LogP contribution in [0.15, 0.2) is 58.1 Å². The Bertz CT molecular complexity index is 1220. The van der Waals surface area contributed by atoms with Crippen LogP contribution in [0.4, 0.5) is 11.5 Å². The Balaban J connectivity index is 2.05. The van der Waals surface area contributed by atoms with E-state index in [0.717, 1.165) is 5.56 Å². The molecule has 0 unspecified atom stereocenters. The quantitative estimate of drug-likeness (QED) is 0.557. The fourth-order valence-corrected chi connectivity index (χ4v) is 3.40. The summed E-state index contributed by atoms with van der Waals surface area (Å²) in [4.78, 5) is 41.9. The minimum Gasteiger partial charge on any atom is -0.493 e. The monoisotopic (exact) mass is 438 g/mol. The third-order valence-corrected chi connectivity index (χ3v) is 4.94. The van der Waals surface area contributed by atoms with Crippen LogP contribution in [-0.2, 0) is 6.54 Å². The highest BCUT2D eigenvalue weighted by Gasteiger charge is 2.25. The minimum absolute atomic E-state index is 0.0825. The summed E-state index contributed by atoms with van der Waals surface area (Å²) in [5.41, 5.74) is 5.90. The van der Waals surface area contributed by atoms with Gasteiger partial charge in [-0.25, -0.2) is 4.79 Å². The average molecular weight is 438 g/mol. The molecular weight excluding hydrogens is 412 g/mol. The Hall–Kier alpha value is -4.01. The first-order valence-electron chi connectivity index (χ1n) is 10.2. The highest BCUT2D eigenvalue weighted by molar-refractivity contribution is 6.07. The van der Waals surface area contributed by atoms with Crippen LogP contribution in [0.2, 0.25) is 0 Å². The maximum absolute atomic E-state index is 13.3. The molecule has 32 heavy (non-hydrogen) atoms. The van der Waals surface area contributed by atoms with Crippen LogP contribution >= 0.6 is 0 Å². The third kappa shape index (κ3) is 4.51. The highest BCUT2D eigenvalue weighted by atomic mass is 16.5. The third-order valence-electron chi connectivity index (χ3n) is 4.94. The van der Waals surface area contributed by atoms with E-state index in [-0.39, 0.29) is 30.2 Å². The van der Waals surface area contributed by atoms with E-state index in [4.69, 9.17) is 15.2 Å². The van der Waals surface area contributed by atoms with Crippen molar-refractivity contribution in [3.05, 3.63) is 80.5 Å². The van der Waals surface area contributed by atoms with Crippen molar-refractivity contribution in [2.45, 2.75) is 20.4 Å². The molecule has 3 rings (SSSR count). The lowest BCUT2D eigenvalue weighted by Crippen LogP contribution is -2.41. The molecule has 0 aliphatic heterocycles. The molecule has 0 aliphatic carbocycles. The number of rotatable bonds is 8. The van der Waals surface area contributed by atoms with E-state index in [1.165, 1.54) is 16.6 Å². The molecule has 0 radical (unpaired) electrons. The summed E-state index contributed by atoms with van der Waals surface area (Å²) in [5, 5.41) is 0. The second-order valence-electron chi connectivity index (χ2n) is 6.91. The topological polar surface area (TPSA) is 120 Å². The van der Waals surface area contributed by atoms with Gasteiger partial charge < -0.3 is 20.1 Å². The molecule has 0 bridgehead atoms. The summed E-state index contributed by atoms with van der Waals surface area (Å²) in [6, 6.07) is 14.0. The van der Waals surface area contributed by atoms with Crippen molar-refractivity contribution in [2.24, 2.45) is 0 Å². The predicted octanol–water partition coefficient (Wildman–Crippen LogP) is 2.24. The fraction of sp³-hybridized carbons (Fsp3) is 0.261. The number of nitrogens with zero attached hydrogens (tertiary/aromatic N) is 2. The van der Waals surface area contributed by atoms with Gasteiger partial charge in [0.2, 0.25) is 0 Å². The van der Waals surface area contributed by atoms with Crippen LogP contribution in [0, 0.1) is 0 Å². The van der Waals surface area contributed by atoms with Gasteiger partial charge in [0.25, 0.3) is 11.5 Å². The Labute approximate surface area is 185 Å². The molecule has 3 aromatic rings. The van der Waals surface area contributed by atoms with Crippen molar-refractivity contribution < 1.29 is 14.3 Å². The number of H-pyrrole nitrogens is 1. The molecule has 1 amide bonds. The number of carbonyl (C=O) groups excluding carboxylic acids is 1. The summed E-state index contributed by atoms with van der Waals surface area (Å²) in [6.07, 6.45) is 0. The number of anilines is 2. The molecule has 1 aromatic heterocycles. The molecule has 0 saturated carbocycles. The van der Waals surface area contributed by atoms with Crippen molar-refractivity contribution in [2.75, 3.05) is 30.9 Å². The molecule has 1 heterocycles. The van der Waals surface area contributed by atoms with Gasteiger partial charge in [-0.15, -0.1) is 0 Å². The van der Waals surface area contributed by atoms with E-state index in [1.807, 2.05) is 37.3 Å². The second kappa shape index (κ2) is 9.86. The maximum atomic E-state index is 13.3. The lowest BCUT2D eigenvalue weighted by molar-refractivity contribution is 0.0987. The van der Waals surface area contributed by atoms with Gasteiger partial charge in [-0.3, -0.25) is 19.1 Å². The molecule has 0 saturated heterocycles. The first kappa shape index (κ1) is 22.7. The zero-order chi connectivity index (χ0) is 23.3. The number of benzene rings is 2. The SMILES string of the molecule is CCOc1ccc(C(=O)N(CC)c2c(N)n(Cc3ccccc3)c(=O)[nH]c2=O)cc1OC. The van der Waals surface area contributed by atoms with E-state index < -0.39 is 17.2 Å². The molecule has 0 spiro atoms. The Morgan fingerprint density at radius 2 is 1.81 bits per heavy atom. The first-order valence-corrected chi connectivity index (χ1v) is 10.2. The average Bonchev–Trinajstić information content (AvgIpc) is 2.80. The van der Waals surface area contributed by atoms with E-state index in [1.54, 1.807) is 25.1 Å². The Morgan fingerprint density at radius 1 is 1.09 bits per heavy atom. The normalized spacial score (nSPS) is 10.6. The molecule has 0 atom stereocenters. The molecule has 0 aliphatic rings. The number of carbonyl (C=O) groups is 1. The summed E-state index contributed by atoms with van der Waals surface area (Å²) in [5.74, 6) is 0.347. The number of aromatic nitrogens is 2. The van der Waals surface area contributed by atoms with Gasteiger partial charge in [-0.05, 0) is 37.6 Å². The maximum Gasteiger partial charge on any atom is 0.330 e. The van der Waals surface area contributed by atoms with Gasteiger partial charge in [-0.1, -0.05) is 30.3 Å². The predicted molar refractivity (Wildman–Crippen MR) is 123 cm³/mol. The van der Waals surface area contributed by atoms with Crippen molar-refractivity contribution in [3.8, 4) is 11.5 Å². The zero-order valence-corrected chi connectivity index (χ0v) is 18.3. The molecule has 168 valence electrons. The van der Waals surface area contributed by atoms with Crippen LogP contribution in [0.3, 0.4) is 0 Å². The lowest BCUT2D eigenvalue weighted by atomic mass is 10.1. The number of amides is 1. The van der Waals surface area contributed by atoms with Crippen LogP contribution in [0.25, 0.3) is 0 Å². The molecule has 9 nitrogen and oxygen atoms in total. The zero-order valence-electron chi connectivity index (χ0n) is 18.3. The van der Waals surface area contributed by atoms with E-state index >= 15 is 0 Å². The van der Waals surface area contributed by atoms with Crippen LogP contribution in [0.5, 0.6) is 11.5 Å². The number of nitrogens with two attached hydrogens (primary N) is 1. The van der Waals surface area contributed by atoms with Gasteiger partial charge >= 0.3 is 5.69 Å². The van der Waals surface area contributed by atoms with Gasteiger partial charge in [-0.2, -0.15) is 0 Å². The molecule has 9 heteroatoms. The second-order valence-corrected chi connectivity index (χ2v) is 6.91. The van der Waals surface area contributed by atoms with Gasteiger partial charge in [0.05, 0.1) is 20.3 Å². The van der Waals surface area contributed by atoms with Gasteiger partial charge in [0, 0.05) is 12.1 Å². The van der Waals surface area contributed by atoms with Crippen molar-refractivity contribution in [3.63, 3.8) is 0 Å². The number of hydrogen-bond donors (Lipinski definition) is 2. The fourth-order valence-electron chi connectivity index (χ4n) is 3.40. The summed E-state index contributed by atoms with van der Waals surface area (Å²) in [7, 11) is 1.48. The van der Waals surface area contributed by atoms with E-state index in [9.17, 15) is 14.4 Å². The van der Waals surface area contributed by atoms with Gasteiger partial charge in [0.15, 0.2) is 17.2 Å². The number of aromatic amines is 1. The molecular formula is C23H26N4O5. The minimum atomic E-state index is -0.732. The van der Waals surface area contributed by atoms with Crippen LogP contribution in [0.1, 0.15) is 29.8 Å². The number of methoxy groups -OCH3 is 1. The molecule has 0 fully saturated rings. The summed E-state index contributed by atoms with van der Waals surface area (Å²) < 4.78 is 12.1. The van der Waals surface area contributed by atoms with Crippen molar-refractivity contribution >= 4 is 17.4 Å². The van der Waals surface area contributed by atoms with Crippen LogP contribution in [-0.4, -0.2) is 35.7 Å². The van der Waals surface area contributed by atoms with E-state index in [2.05, 4.69) is 4.98 Å². The Kier molecular flexibility index (Phi) is 6.99. The number of nitrogen functional groups attached to an aromatic ring is 1. The van der Waals surface area contributed by atoms with E-state index in [0.29, 0.717) is 18.1 Å². The smallest absolute Gasteiger partial charge is 0.330 e. The summed E-state index contributed by atoms with van der Waals surface area (Å²) in [6.45, 7) is 4.31. The molecule has 3 N–H and O–H groups in total. The first-order chi connectivity index (χ1) is 15.4. The van der Waals surface area contributed by atoms with Crippen molar-refractivity contribution in [1.29, 1.82) is 0 Å². The standard InChI is InChI=1S/C23H26N4O5/c1-4-26(22(29)16-11-12-17(32-5-2)18(13-16)31-3)19-20(24)27(23(30)25-21(19)28)14-15-9-7-6-8-10-15/h6-13H,4-5,14,24H2,1-3H3,(H,25,28,30). The summed E-state index contributed by atoms with van der Waals surface area (Å²) >= 11 is 0. The number of hydrogen-bond acceptors (Lipinski definition) is 6. The lowest BCUT2D eigenvalue weighted by Gasteiger charge is -2.23. The van der Waals surface area contributed by atoms with Gasteiger partial charge in [0.1, 0.15) is 5.82 Å². The molecule has 2 aromatic carbocycles. The van der Waals surface area contributed by atoms with Crippen molar-refractivity contribution in [1.82, 2.24) is 9.55 Å². The van der Waals surface area contributed by atoms with Crippen LogP contribution < -0.4 is 31.4 Å².